The van der Waals surface area contributed by atoms with Gasteiger partial charge in [0.2, 0.25) is 0 Å². The summed E-state index contributed by atoms with van der Waals surface area (Å²) in [5.41, 5.74) is -0.525. The van der Waals surface area contributed by atoms with Gasteiger partial charge in [0.25, 0.3) is 11.4 Å². The van der Waals surface area contributed by atoms with Gasteiger partial charge in [-0.05, 0) is 56.9 Å². The van der Waals surface area contributed by atoms with Crippen molar-refractivity contribution in [1.29, 1.82) is 0 Å². The van der Waals surface area contributed by atoms with E-state index in [4.69, 9.17) is 68.0 Å². The topological polar surface area (TPSA) is 86.3 Å². The van der Waals surface area contributed by atoms with Crippen LogP contribution in [0.2, 0.25) is 10.0 Å². The molecule has 0 aliphatic heterocycles. The smallest absolute Gasteiger partial charge is 0.258 e. The van der Waals surface area contributed by atoms with E-state index in [0.717, 1.165) is 12.1 Å². The van der Waals surface area contributed by atoms with E-state index >= 15 is 0 Å². The van der Waals surface area contributed by atoms with Crippen molar-refractivity contribution >= 4 is 91.7 Å². The molecule has 0 aromatic heterocycles. The van der Waals surface area contributed by atoms with Crippen LogP contribution >= 0.6 is 23.2 Å². The van der Waals surface area contributed by atoms with Gasteiger partial charge in [0.05, 0.1) is 29.7 Å². The molecule has 0 aliphatic carbocycles. The van der Waals surface area contributed by atoms with Gasteiger partial charge < -0.3 is 0 Å². The maximum Gasteiger partial charge on any atom is 0.270 e. The van der Waals surface area contributed by atoms with Gasteiger partial charge in [-0.2, -0.15) is 0 Å². The van der Waals surface area contributed by atoms with Gasteiger partial charge >= 0.3 is 0 Å². The van der Waals surface area contributed by atoms with Crippen LogP contribution in [0.25, 0.3) is 0 Å². The Bertz CT molecular complexity index is 1060. The molecule has 0 fully saturated rings. The Morgan fingerprint density at radius 3 is 1.31 bits per heavy atom. The van der Waals surface area contributed by atoms with Crippen molar-refractivity contribution in [3.05, 3.63) is 66.7 Å². The first-order chi connectivity index (χ1) is 11.9. The van der Waals surface area contributed by atoms with E-state index in [9.17, 15) is 20.2 Å². The molecule has 0 bridgehead atoms. The summed E-state index contributed by atoms with van der Waals surface area (Å²) < 4.78 is 0. The average Bonchev–Trinajstić information content (AvgIpc) is 2.54. The number of hydrogen-bond acceptors (Lipinski definition) is 8. The molecule has 0 amide bonds. The fourth-order valence-corrected chi connectivity index (χ4v) is 11.7. The zero-order valence-corrected chi connectivity index (χ0v) is 18.6. The number of benzene rings is 2. The highest BCUT2D eigenvalue weighted by Gasteiger charge is 2.26. The molecule has 0 aliphatic rings. The Labute approximate surface area is 176 Å². The molecule has 6 nitrogen and oxygen atoms in total. The second kappa shape index (κ2) is 7.80. The third-order valence-corrected chi connectivity index (χ3v) is 21.7. The molecule has 2 rings (SSSR count). The lowest BCUT2D eigenvalue weighted by Crippen LogP contribution is -2.13. The molecule has 0 radical (unpaired) electrons. The van der Waals surface area contributed by atoms with Crippen molar-refractivity contribution in [2.75, 3.05) is 0 Å². The summed E-state index contributed by atoms with van der Waals surface area (Å²) in [4.78, 5) is 21.1. The molecule has 0 heterocycles. The predicted octanol–water partition coefficient (Wildman–Crippen LogP) is 4.30. The number of hydrogen-bond donors (Lipinski definition) is 0. The van der Waals surface area contributed by atoms with Gasteiger partial charge in [-0.25, -0.2) is 0 Å². The monoisotopic (exact) mass is 504 g/mol. The summed E-state index contributed by atoms with van der Waals surface area (Å²) in [6.07, 6.45) is -5.81. The van der Waals surface area contributed by atoms with Gasteiger partial charge in [-0.15, -0.1) is 0 Å². The van der Waals surface area contributed by atoms with Crippen LogP contribution in [0.4, 0.5) is 11.4 Å². The van der Waals surface area contributed by atoms with Crippen LogP contribution in [0.3, 0.4) is 0 Å². The molecule has 0 N–H and O–H groups in total. The first kappa shape index (κ1) is 21.7. The fraction of sp³-hybridized carbons (Fsp3) is 0. The molecule has 2 aromatic rings. The summed E-state index contributed by atoms with van der Waals surface area (Å²) in [7, 11) is 0. The van der Waals surface area contributed by atoms with E-state index in [2.05, 4.69) is 0 Å². The SMILES string of the molecule is O=[N+]([O-])c1ccc(Cl)c(S(=S)(=S)S(=S)(=S)c2cc([N+](=O)[O-])ccc2Cl)c1. The Kier molecular flexibility index (Phi) is 6.51. The van der Waals surface area contributed by atoms with Crippen molar-refractivity contribution in [2.24, 2.45) is 0 Å². The van der Waals surface area contributed by atoms with Crippen LogP contribution in [0.15, 0.2) is 46.2 Å². The van der Waals surface area contributed by atoms with Crippen LogP contribution in [0.1, 0.15) is 0 Å². The molecule has 0 saturated carbocycles. The minimum atomic E-state index is -2.91. The molecule has 0 unspecified atom stereocenters. The number of nitrogens with zero attached hydrogens (tertiary/aromatic N) is 2. The summed E-state index contributed by atoms with van der Waals surface area (Å²) in [5, 5.41) is 22.3. The summed E-state index contributed by atoms with van der Waals surface area (Å²) >= 11 is 34.4. The van der Waals surface area contributed by atoms with Gasteiger partial charge in [0.1, 0.15) is 0 Å². The highest BCUT2D eigenvalue weighted by Crippen LogP contribution is 2.37. The van der Waals surface area contributed by atoms with Crippen molar-refractivity contribution in [2.45, 2.75) is 9.79 Å². The lowest BCUT2D eigenvalue weighted by atomic mass is 10.3. The third kappa shape index (κ3) is 3.97. The van der Waals surface area contributed by atoms with Crippen molar-refractivity contribution in [3.63, 3.8) is 0 Å². The lowest BCUT2D eigenvalue weighted by molar-refractivity contribution is -0.385. The van der Waals surface area contributed by atoms with Crippen LogP contribution < -0.4 is 0 Å². The number of rotatable bonds is 5. The van der Waals surface area contributed by atoms with Crippen LogP contribution in [-0.4, -0.2) is 9.85 Å². The predicted molar refractivity (Wildman–Crippen MR) is 117 cm³/mol. The van der Waals surface area contributed by atoms with Crippen LogP contribution in [-0.2, 0) is 57.1 Å². The third-order valence-electron chi connectivity index (χ3n) is 3.08. The van der Waals surface area contributed by atoms with Crippen LogP contribution in [0.5, 0.6) is 0 Å². The highest BCUT2D eigenvalue weighted by atomic mass is 35.5. The molecular weight excluding hydrogens is 499 g/mol. The fourth-order valence-electron chi connectivity index (χ4n) is 1.83. The highest BCUT2D eigenvalue weighted by molar-refractivity contribution is 9.11. The number of halogens is 2. The molecule has 2 aromatic carbocycles. The molecule has 0 saturated heterocycles. The standard InChI is InChI=1S/C12H6Cl2N2O4S6/c13-9-3-1-7(15(17)18)5-11(9)25(21,22)26(23,24)12-6-8(16(19)20)2-4-10(12)14/h1-6H. The van der Waals surface area contributed by atoms with E-state index in [1.807, 2.05) is 0 Å². The lowest BCUT2D eigenvalue weighted by Gasteiger charge is -2.20. The average molecular weight is 505 g/mol. The maximum absolute atomic E-state index is 11.0. The van der Waals surface area contributed by atoms with Gasteiger partial charge in [0, 0.05) is 36.6 Å². The van der Waals surface area contributed by atoms with E-state index in [1.165, 1.54) is 24.3 Å². The van der Waals surface area contributed by atoms with Gasteiger partial charge in [0.15, 0.2) is 0 Å². The maximum atomic E-state index is 11.0. The molecule has 138 valence electrons. The van der Waals surface area contributed by atoms with Gasteiger partial charge in [-0.3, -0.25) is 20.2 Å². The molecule has 0 spiro atoms. The molecular formula is C12H6Cl2N2O4S6. The Morgan fingerprint density at radius 1 is 0.731 bits per heavy atom. The molecule has 14 heteroatoms. The number of non-ortho nitro benzene ring substituents is 2. The first-order valence-corrected chi connectivity index (χ1v) is 14.5. The summed E-state index contributed by atoms with van der Waals surface area (Å²) in [5.74, 6) is 0. The quantitative estimate of drug-likeness (QED) is 0.338. The second-order valence-electron chi connectivity index (χ2n) is 4.65. The number of nitro benzene ring substituents is 2. The Morgan fingerprint density at radius 2 is 1.04 bits per heavy atom. The Balaban J connectivity index is 2.78. The minimum Gasteiger partial charge on any atom is -0.258 e. The second-order valence-corrected chi connectivity index (χ2v) is 21.0. The normalized spacial score (nSPS) is 11.9. The van der Waals surface area contributed by atoms with Gasteiger partial charge in [-0.1, -0.05) is 23.2 Å². The largest absolute Gasteiger partial charge is 0.270 e. The van der Waals surface area contributed by atoms with E-state index in [1.54, 1.807) is 0 Å². The summed E-state index contributed by atoms with van der Waals surface area (Å²) in [6.45, 7) is 0. The first-order valence-electron chi connectivity index (χ1n) is 6.27. The number of nitro groups is 2. The Hall–Kier alpha value is -0.600. The minimum absolute atomic E-state index is 0.101. The van der Waals surface area contributed by atoms with Crippen molar-refractivity contribution in [3.8, 4) is 0 Å². The zero-order valence-electron chi connectivity index (χ0n) is 12.2. The van der Waals surface area contributed by atoms with E-state index in [0.29, 0.717) is 0 Å². The molecule has 0 atom stereocenters. The van der Waals surface area contributed by atoms with E-state index in [-0.39, 0.29) is 31.2 Å². The van der Waals surface area contributed by atoms with Crippen molar-refractivity contribution < 1.29 is 9.85 Å². The van der Waals surface area contributed by atoms with Crippen molar-refractivity contribution in [1.82, 2.24) is 0 Å². The summed E-state index contributed by atoms with van der Waals surface area (Å²) in [6, 6.07) is 7.31. The van der Waals surface area contributed by atoms with Crippen LogP contribution in [0, 0.1) is 20.2 Å². The molecule has 26 heavy (non-hydrogen) atoms. The zero-order chi connectivity index (χ0) is 19.9. The van der Waals surface area contributed by atoms with E-state index < -0.39 is 22.2 Å².